The number of urea groups is 1. The maximum absolute atomic E-state index is 15.7. The summed E-state index contributed by atoms with van der Waals surface area (Å²) in [4.78, 5) is 84.3. The van der Waals surface area contributed by atoms with Gasteiger partial charge in [0.2, 0.25) is 11.8 Å². The number of aromatic amines is 1. The molecule has 4 aromatic rings. The molecule has 7 rings (SSSR count). The molecule has 67 heavy (non-hydrogen) atoms. The lowest BCUT2D eigenvalue weighted by molar-refractivity contribution is -0.274. The molecular weight excluding hydrogens is 881 g/mol. The quantitative estimate of drug-likeness (QED) is 0.118. The molecule has 0 saturated carbocycles. The number of anilines is 2. The first kappa shape index (κ1) is 48.0. The number of methoxy groups -OCH3 is 1. The van der Waals surface area contributed by atoms with E-state index < -0.39 is 53.2 Å². The van der Waals surface area contributed by atoms with E-state index in [1.807, 2.05) is 25.7 Å². The number of likely N-dealkylation sites (tertiary alicyclic amines) is 2. The summed E-state index contributed by atoms with van der Waals surface area (Å²) in [6.45, 7) is 9.47. The largest absolute Gasteiger partial charge is 0.573 e. The van der Waals surface area contributed by atoms with Crippen LogP contribution in [0.2, 0.25) is 0 Å². The number of carbonyl (C=O) groups is 5. The van der Waals surface area contributed by atoms with Gasteiger partial charge in [0.05, 0.1) is 36.3 Å². The molecule has 0 aliphatic carbocycles. The number of piperazine rings is 1. The van der Waals surface area contributed by atoms with E-state index in [4.69, 9.17) is 4.74 Å². The fraction of sp³-hybridized carbons (Fsp3) is 0.457. The summed E-state index contributed by atoms with van der Waals surface area (Å²) in [6.07, 6.45) is -0.416. The van der Waals surface area contributed by atoms with Crippen molar-refractivity contribution >= 4 is 41.4 Å². The Bertz CT molecular complexity index is 2490. The molecule has 17 nitrogen and oxygen atoms in total. The van der Waals surface area contributed by atoms with Crippen LogP contribution in [0.5, 0.6) is 5.75 Å². The highest BCUT2D eigenvalue weighted by molar-refractivity contribution is 6.04. The number of alkyl halides is 3. The number of nitrogens with zero attached hydrogens (tertiary/aromatic N) is 6. The molecule has 5 heterocycles. The number of hydrogen-bond acceptors (Lipinski definition) is 10. The van der Waals surface area contributed by atoms with Crippen LogP contribution in [0.4, 0.5) is 38.7 Å². The van der Waals surface area contributed by atoms with E-state index in [-0.39, 0.29) is 46.5 Å². The zero-order chi connectivity index (χ0) is 48.4. The van der Waals surface area contributed by atoms with Crippen molar-refractivity contribution in [2.75, 3.05) is 57.1 Å². The minimum absolute atomic E-state index is 0.00977. The van der Waals surface area contributed by atoms with Gasteiger partial charge in [0.25, 0.3) is 5.91 Å². The van der Waals surface area contributed by atoms with Crippen LogP contribution >= 0.6 is 0 Å². The second-order valence-corrected chi connectivity index (χ2v) is 17.4. The summed E-state index contributed by atoms with van der Waals surface area (Å²) in [5.74, 6) is -2.18. The van der Waals surface area contributed by atoms with Crippen LogP contribution < -0.4 is 25.6 Å². The Balaban J connectivity index is 1.02. The molecule has 0 radical (unpaired) electrons. The van der Waals surface area contributed by atoms with E-state index in [1.54, 1.807) is 46.0 Å². The lowest BCUT2D eigenvalue weighted by Crippen LogP contribution is -2.62. The highest BCUT2D eigenvalue weighted by atomic mass is 19.4. The van der Waals surface area contributed by atoms with E-state index in [9.17, 15) is 37.1 Å². The number of aromatic nitrogens is 3. The van der Waals surface area contributed by atoms with Gasteiger partial charge in [-0.25, -0.2) is 23.9 Å². The van der Waals surface area contributed by atoms with Crippen LogP contribution in [-0.4, -0.2) is 130 Å². The summed E-state index contributed by atoms with van der Waals surface area (Å²) in [7, 11) is 2.76. The van der Waals surface area contributed by atoms with Gasteiger partial charge >= 0.3 is 18.5 Å². The van der Waals surface area contributed by atoms with Gasteiger partial charge in [0.15, 0.2) is 0 Å². The van der Waals surface area contributed by atoms with Gasteiger partial charge in [-0.05, 0) is 74.8 Å². The van der Waals surface area contributed by atoms with Crippen LogP contribution in [-0.2, 0) is 14.3 Å². The van der Waals surface area contributed by atoms with Gasteiger partial charge in [0, 0.05) is 63.6 Å². The number of H-pyrrole nitrogens is 1. The number of carbonyl (C=O) groups excluding carboxylic acids is 5. The average Bonchev–Trinajstić information content (AvgIpc) is 4.09. The standard InChI is InChI=1S/C46H54F4N10O7/c1-26(2)38(56-44(65)66-6)41(62)59-17-7-9-35(59)39-53-24-34(54-39)29-12-10-28(11-13-29)31-21-32(47)33(22-36(31)67-46(48,49)50)55-40(61)30-14-15-37(52-23-30)58-20-19-57(25-27(58)3)42(63)45(4)16-8-18-60(45)43(64)51-5/h10-15,21-24,26-27,35,38H,7-9,16-20,25H2,1-6H3,(H,51,64)(H,53,54)(H,55,61)(H,56,65)/t27-,35+,38+,45+/m1/s1. The van der Waals surface area contributed by atoms with Crippen LogP contribution in [0.15, 0.2) is 60.9 Å². The van der Waals surface area contributed by atoms with Crippen LogP contribution in [0.1, 0.15) is 75.6 Å². The van der Waals surface area contributed by atoms with Crippen LogP contribution in [0, 0.1) is 11.7 Å². The number of halogens is 4. The Labute approximate surface area is 384 Å². The van der Waals surface area contributed by atoms with Crippen molar-refractivity contribution in [1.29, 1.82) is 0 Å². The Kier molecular flexibility index (Phi) is 14.0. The molecule has 6 amide bonds. The molecule has 4 atom stereocenters. The zero-order valence-electron chi connectivity index (χ0n) is 38.0. The number of hydrogen-bond donors (Lipinski definition) is 4. The molecule has 3 aliphatic heterocycles. The second-order valence-electron chi connectivity index (χ2n) is 17.4. The number of rotatable bonds is 11. The predicted octanol–water partition coefficient (Wildman–Crippen LogP) is 6.70. The number of ether oxygens (including phenoxy) is 2. The minimum Gasteiger partial charge on any atom is -0.453 e. The van der Waals surface area contributed by atoms with E-state index in [0.29, 0.717) is 74.9 Å². The number of pyridine rings is 1. The van der Waals surface area contributed by atoms with Gasteiger partial charge in [-0.3, -0.25) is 14.4 Å². The Morgan fingerprint density at radius 2 is 1.67 bits per heavy atom. The topological polar surface area (TPSA) is 194 Å². The molecule has 0 bridgehead atoms. The first-order valence-corrected chi connectivity index (χ1v) is 22.0. The van der Waals surface area contributed by atoms with Gasteiger partial charge < -0.3 is 50.0 Å². The summed E-state index contributed by atoms with van der Waals surface area (Å²) in [5, 5.41) is 7.57. The number of benzene rings is 2. The molecule has 4 N–H and O–H groups in total. The predicted molar refractivity (Wildman–Crippen MR) is 238 cm³/mol. The molecule has 2 aromatic heterocycles. The molecule has 2 aromatic carbocycles. The van der Waals surface area contributed by atoms with Crippen LogP contribution in [0.3, 0.4) is 0 Å². The Morgan fingerprint density at radius 3 is 2.31 bits per heavy atom. The Morgan fingerprint density at radius 1 is 0.940 bits per heavy atom. The van der Waals surface area contributed by atoms with E-state index in [2.05, 4.69) is 35.6 Å². The SMILES string of the molecule is CNC(=O)N1CCC[C@@]1(C)C(=O)N1CCN(c2ccc(C(=O)Nc3cc(OC(F)(F)F)c(-c4ccc(-c5cnc([C@@H]6CCCN6C(=O)[C@@H](NC(=O)OC)C(C)C)[nH]5)cc4)cc3F)cn2)[C@H](C)C1. The van der Waals surface area contributed by atoms with Crippen molar-refractivity contribution in [3.05, 3.63) is 78.1 Å². The van der Waals surface area contributed by atoms with E-state index in [0.717, 1.165) is 18.6 Å². The van der Waals surface area contributed by atoms with Gasteiger partial charge in [-0.2, -0.15) is 0 Å². The lowest BCUT2D eigenvalue weighted by Gasteiger charge is -2.44. The first-order chi connectivity index (χ1) is 31.8. The van der Waals surface area contributed by atoms with Crippen LogP contribution in [0.25, 0.3) is 22.4 Å². The van der Waals surface area contributed by atoms with Gasteiger partial charge in [-0.15, -0.1) is 13.2 Å². The fourth-order valence-corrected chi connectivity index (χ4v) is 9.11. The lowest BCUT2D eigenvalue weighted by atomic mass is 9.96. The number of amides is 6. The minimum atomic E-state index is -5.16. The van der Waals surface area contributed by atoms with Crippen molar-refractivity contribution in [3.63, 3.8) is 0 Å². The Hall–Kier alpha value is -6.93. The van der Waals surface area contributed by atoms with Crippen molar-refractivity contribution in [3.8, 4) is 28.1 Å². The highest BCUT2D eigenvalue weighted by Gasteiger charge is 2.48. The number of alkyl carbamates (subject to hydrolysis) is 1. The molecule has 3 saturated heterocycles. The summed E-state index contributed by atoms with van der Waals surface area (Å²) in [5.41, 5.74) is -0.387. The molecule has 3 aliphatic rings. The average molecular weight is 935 g/mol. The first-order valence-electron chi connectivity index (χ1n) is 22.0. The normalized spacial score (nSPS) is 20.2. The van der Waals surface area contributed by atoms with Crippen molar-refractivity contribution in [1.82, 2.24) is 40.3 Å². The maximum Gasteiger partial charge on any atom is 0.573 e. The maximum atomic E-state index is 15.7. The van der Waals surface area contributed by atoms with Gasteiger partial charge in [-0.1, -0.05) is 38.1 Å². The molecular formula is C46H54F4N10O7. The number of imidazole rings is 1. The van der Waals surface area contributed by atoms with Crippen molar-refractivity contribution in [2.24, 2.45) is 5.92 Å². The third kappa shape index (κ3) is 10.2. The fourth-order valence-electron chi connectivity index (χ4n) is 9.11. The van der Waals surface area contributed by atoms with Gasteiger partial charge in [0.1, 0.15) is 34.8 Å². The molecule has 21 heteroatoms. The number of nitrogens with one attached hydrogen (secondary N) is 4. The molecule has 358 valence electrons. The second kappa shape index (κ2) is 19.5. The van der Waals surface area contributed by atoms with Crippen molar-refractivity contribution < 1.29 is 51.0 Å². The third-order valence-corrected chi connectivity index (χ3v) is 12.7. The summed E-state index contributed by atoms with van der Waals surface area (Å²) in [6, 6.07) is 9.20. The van der Waals surface area contributed by atoms with Crippen molar-refractivity contribution in [2.45, 2.75) is 83.4 Å². The molecule has 3 fully saturated rings. The molecule has 0 spiro atoms. The smallest absolute Gasteiger partial charge is 0.453 e. The third-order valence-electron chi connectivity index (χ3n) is 12.7. The highest BCUT2D eigenvalue weighted by Crippen LogP contribution is 2.39. The van der Waals surface area contributed by atoms with E-state index >= 15 is 4.39 Å². The van der Waals surface area contributed by atoms with E-state index in [1.165, 1.54) is 38.6 Å². The monoisotopic (exact) mass is 934 g/mol. The molecule has 0 unspecified atom stereocenters. The zero-order valence-corrected chi connectivity index (χ0v) is 38.0. The summed E-state index contributed by atoms with van der Waals surface area (Å²) >= 11 is 0. The summed E-state index contributed by atoms with van der Waals surface area (Å²) < 4.78 is 66.1.